The van der Waals surface area contributed by atoms with Crippen molar-refractivity contribution in [2.75, 3.05) is 17.2 Å². The summed E-state index contributed by atoms with van der Waals surface area (Å²) in [6, 6.07) is 6.02. The third-order valence-corrected chi connectivity index (χ3v) is 4.18. The standard InChI is InChI=1S/C14H15N3OS/c1-9-13(19-8-16-9)14(18)17-11-4-5-12-10(7-11)3-2-6-15-12/h4-5,7-8,15H,2-3,6H2,1H3,(H,17,18). The molecule has 1 aliphatic rings. The van der Waals surface area contributed by atoms with E-state index in [1.54, 1.807) is 5.51 Å². The fraction of sp³-hybridized carbons (Fsp3) is 0.286. The van der Waals surface area contributed by atoms with Crippen molar-refractivity contribution in [3.63, 3.8) is 0 Å². The molecule has 0 unspecified atom stereocenters. The summed E-state index contributed by atoms with van der Waals surface area (Å²) in [5, 5.41) is 6.30. The molecule has 0 saturated carbocycles. The summed E-state index contributed by atoms with van der Waals surface area (Å²) in [4.78, 5) is 16.9. The van der Waals surface area contributed by atoms with Crippen LogP contribution in [0.2, 0.25) is 0 Å². The molecule has 0 atom stereocenters. The van der Waals surface area contributed by atoms with Crippen molar-refractivity contribution in [3.8, 4) is 0 Å². The largest absolute Gasteiger partial charge is 0.385 e. The fourth-order valence-corrected chi connectivity index (χ4v) is 2.96. The van der Waals surface area contributed by atoms with Crippen molar-refractivity contribution in [3.05, 3.63) is 39.8 Å². The molecule has 98 valence electrons. The summed E-state index contributed by atoms with van der Waals surface area (Å²) < 4.78 is 0. The van der Waals surface area contributed by atoms with E-state index in [9.17, 15) is 4.79 Å². The molecule has 0 saturated heterocycles. The lowest BCUT2D eigenvalue weighted by Gasteiger charge is -2.18. The maximum Gasteiger partial charge on any atom is 0.267 e. The minimum atomic E-state index is -0.0799. The summed E-state index contributed by atoms with van der Waals surface area (Å²) >= 11 is 1.37. The van der Waals surface area contributed by atoms with Gasteiger partial charge in [0.25, 0.3) is 5.91 Å². The molecule has 1 aromatic heterocycles. The Labute approximate surface area is 115 Å². The summed E-state index contributed by atoms with van der Waals surface area (Å²) in [5.41, 5.74) is 5.77. The van der Waals surface area contributed by atoms with Crippen molar-refractivity contribution < 1.29 is 4.79 Å². The van der Waals surface area contributed by atoms with Gasteiger partial charge in [0.05, 0.1) is 11.2 Å². The number of carbonyl (C=O) groups excluding carboxylic acids is 1. The number of benzene rings is 1. The van der Waals surface area contributed by atoms with E-state index in [1.165, 1.54) is 22.6 Å². The molecule has 2 aromatic rings. The number of nitrogens with zero attached hydrogens (tertiary/aromatic N) is 1. The van der Waals surface area contributed by atoms with Gasteiger partial charge < -0.3 is 10.6 Å². The van der Waals surface area contributed by atoms with Crippen molar-refractivity contribution in [1.82, 2.24) is 4.98 Å². The van der Waals surface area contributed by atoms with Crippen LogP contribution in [0, 0.1) is 6.92 Å². The molecule has 5 heteroatoms. The van der Waals surface area contributed by atoms with E-state index in [4.69, 9.17) is 0 Å². The fourth-order valence-electron chi connectivity index (χ4n) is 2.26. The number of anilines is 2. The average molecular weight is 273 g/mol. The van der Waals surface area contributed by atoms with Crippen molar-refractivity contribution in [2.45, 2.75) is 19.8 Å². The van der Waals surface area contributed by atoms with Crippen molar-refractivity contribution >= 4 is 28.6 Å². The van der Waals surface area contributed by atoms with Crippen LogP contribution >= 0.6 is 11.3 Å². The highest BCUT2D eigenvalue weighted by Gasteiger charge is 2.13. The zero-order valence-corrected chi connectivity index (χ0v) is 11.5. The van der Waals surface area contributed by atoms with Gasteiger partial charge in [-0.3, -0.25) is 4.79 Å². The highest BCUT2D eigenvalue weighted by atomic mass is 32.1. The highest BCUT2D eigenvalue weighted by Crippen LogP contribution is 2.25. The maximum absolute atomic E-state index is 12.1. The summed E-state index contributed by atoms with van der Waals surface area (Å²) in [5.74, 6) is -0.0799. The Morgan fingerprint density at radius 3 is 3.16 bits per heavy atom. The zero-order chi connectivity index (χ0) is 13.2. The summed E-state index contributed by atoms with van der Waals surface area (Å²) in [7, 11) is 0. The molecule has 19 heavy (non-hydrogen) atoms. The second kappa shape index (κ2) is 5.01. The molecule has 1 amide bonds. The number of rotatable bonds is 2. The van der Waals surface area contributed by atoms with Gasteiger partial charge in [-0.05, 0) is 43.5 Å². The molecule has 2 N–H and O–H groups in total. The maximum atomic E-state index is 12.1. The number of aromatic nitrogens is 1. The highest BCUT2D eigenvalue weighted by molar-refractivity contribution is 7.12. The first-order chi connectivity index (χ1) is 9.24. The predicted molar refractivity (Wildman–Crippen MR) is 78.1 cm³/mol. The quantitative estimate of drug-likeness (QED) is 0.884. The van der Waals surface area contributed by atoms with Gasteiger partial charge in [-0.2, -0.15) is 0 Å². The van der Waals surface area contributed by atoms with E-state index in [-0.39, 0.29) is 5.91 Å². The Morgan fingerprint density at radius 2 is 2.37 bits per heavy atom. The van der Waals surface area contributed by atoms with Gasteiger partial charge in [0.15, 0.2) is 0 Å². The summed E-state index contributed by atoms with van der Waals surface area (Å²) in [6.45, 7) is 2.88. The van der Waals surface area contributed by atoms with Gasteiger partial charge in [-0.1, -0.05) is 0 Å². The Kier molecular flexibility index (Phi) is 3.21. The van der Waals surface area contributed by atoms with Crippen LogP contribution in [0.4, 0.5) is 11.4 Å². The Balaban J connectivity index is 1.80. The monoisotopic (exact) mass is 273 g/mol. The molecule has 0 spiro atoms. The van der Waals surface area contributed by atoms with Crippen LogP contribution in [-0.2, 0) is 6.42 Å². The second-order valence-corrected chi connectivity index (χ2v) is 5.48. The Bertz CT molecular complexity index is 621. The topological polar surface area (TPSA) is 54.0 Å². The smallest absolute Gasteiger partial charge is 0.267 e. The third-order valence-electron chi connectivity index (χ3n) is 3.25. The first-order valence-electron chi connectivity index (χ1n) is 6.32. The summed E-state index contributed by atoms with van der Waals surface area (Å²) in [6.07, 6.45) is 2.20. The third kappa shape index (κ3) is 2.46. The molecule has 0 aliphatic carbocycles. The van der Waals surface area contributed by atoms with Crippen LogP contribution in [0.15, 0.2) is 23.7 Å². The van der Waals surface area contributed by atoms with Crippen molar-refractivity contribution in [2.24, 2.45) is 0 Å². The van der Waals surface area contributed by atoms with Crippen LogP contribution in [0.25, 0.3) is 0 Å². The van der Waals surface area contributed by atoms with Gasteiger partial charge in [-0.15, -0.1) is 11.3 Å². The lowest BCUT2D eigenvalue weighted by atomic mass is 10.0. The van der Waals surface area contributed by atoms with Gasteiger partial charge in [0, 0.05) is 17.9 Å². The molecule has 2 heterocycles. The SMILES string of the molecule is Cc1ncsc1C(=O)Nc1ccc2c(c1)CCCN2. The van der Waals surface area contributed by atoms with Crippen LogP contribution in [-0.4, -0.2) is 17.4 Å². The minimum Gasteiger partial charge on any atom is -0.385 e. The van der Waals surface area contributed by atoms with Crippen LogP contribution < -0.4 is 10.6 Å². The first kappa shape index (κ1) is 12.2. The predicted octanol–water partition coefficient (Wildman–Crippen LogP) is 3.06. The van der Waals surface area contributed by atoms with E-state index in [1.807, 2.05) is 19.1 Å². The van der Waals surface area contributed by atoms with E-state index >= 15 is 0 Å². The van der Waals surface area contributed by atoms with E-state index < -0.39 is 0 Å². The van der Waals surface area contributed by atoms with Crippen LogP contribution in [0.5, 0.6) is 0 Å². The molecular formula is C14H15N3OS. The van der Waals surface area contributed by atoms with E-state index in [0.29, 0.717) is 4.88 Å². The molecule has 3 rings (SSSR count). The zero-order valence-electron chi connectivity index (χ0n) is 10.7. The lowest BCUT2D eigenvalue weighted by Crippen LogP contribution is -2.14. The molecule has 0 bridgehead atoms. The van der Waals surface area contributed by atoms with E-state index in [2.05, 4.69) is 21.7 Å². The normalized spacial score (nSPS) is 13.5. The molecule has 4 nitrogen and oxygen atoms in total. The number of carbonyl (C=O) groups is 1. The van der Waals surface area contributed by atoms with Crippen molar-refractivity contribution in [1.29, 1.82) is 0 Å². The van der Waals surface area contributed by atoms with Gasteiger partial charge in [0.1, 0.15) is 4.88 Å². The number of aryl methyl sites for hydroxylation is 2. The number of hydrogen-bond donors (Lipinski definition) is 2. The molecular weight excluding hydrogens is 258 g/mol. The van der Waals surface area contributed by atoms with Gasteiger partial charge >= 0.3 is 0 Å². The number of amides is 1. The average Bonchev–Trinajstić information content (AvgIpc) is 2.85. The Morgan fingerprint density at radius 1 is 1.47 bits per heavy atom. The van der Waals surface area contributed by atoms with Gasteiger partial charge in [-0.25, -0.2) is 4.98 Å². The second-order valence-electron chi connectivity index (χ2n) is 4.62. The minimum absolute atomic E-state index is 0.0799. The number of nitrogens with one attached hydrogen (secondary N) is 2. The number of thiazole rings is 1. The molecule has 0 fully saturated rings. The molecule has 0 radical (unpaired) electrons. The van der Waals surface area contributed by atoms with Crippen LogP contribution in [0.1, 0.15) is 27.3 Å². The first-order valence-corrected chi connectivity index (χ1v) is 7.20. The van der Waals surface area contributed by atoms with Gasteiger partial charge in [0.2, 0.25) is 0 Å². The Hall–Kier alpha value is -1.88. The molecule has 1 aliphatic heterocycles. The lowest BCUT2D eigenvalue weighted by molar-refractivity contribution is 0.103. The van der Waals surface area contributed by atoms with E-state index in [0.717, 1.165) is 30.8 Å². The number of hydrogen-bond acceptors (Lipinski definition) is 4. The molecule has 1 aromatic carbocycles. The van der Waals surface area contributed by atoms with Crippen LogP contribution in [0.3, 0.4) is 0 Å². The number of fused-ring (bicyclic) bond motifs is 1.